The van der Waals surface area contributed by atoms with E-state index in [1.54, 1.807) is 0 Å². The first-order chi connectivity index (χ1) is 6.37. The fraction of sp³-hybridized carbons (Fsp3) is 0.125. The van der Waals surface area contributed by atoms with E-state index in [-0.39, 0.29) is 10.0 Å². The highest BCUT2D eigenvalue weighted by Crippen LogP contribution is 2.32. The Bertz CT molecular complexity index is 355. The molecule has 0 spiro atoms. The molecule has 0 aliphatic rings. The van der Waals surface area contributed by atoms with Crippen LogP contribution >= 0.6 is 23.2 Å². The standard InChI is InChI=1S/C8H6Cl2O4/c9-4-2-1-3-5(10)6(4)8(13,14)7(11)12/h1-3,13-14H,(H,11,12). The van der Waals surface area contributed by atoms with Crippen LogP contribution in [0.4, 0.5) is 0 Å². The zero-order chi connectivity index (χ0) is 10.9. The lowest BCUT2D eigenvalue weighted by Crippen LogP contribution is -2.35. The van der Waals surface area contributed by atoms with Gasteiger partial charge in [0.15, 0.2) is 0 Å². The summed E-state index contributed by atoms with van der Waals surface area (Å²) in [6, 6.07) is 4.09. The molecule has 14 heavy (non-hydrogen) atoms. The van der Waals surface area contributed by atoms with E-state index in [1.807, 2.05) is 0 Å². The van der Waals surface area contributed by atoms with Gasteiger partial charge in [0, 0.05) is 0 Å². The zero-order valence-electron chi connectivity index (χ0n) is 6.74. The van der Waals surface area contributed by atoms with Gasteiger partial charge in [-0.3, -0.25) is 0 Å². The summed E-state index contributed by atoms with van der Waals surface area (Å²) >= 11 is 11.2. The number of benzene rings is 1. The third kappa shape index (κ3) is 1.83. The maximum Gasteiger partial charge on any atom is 0.369 e. The minimum Gasteiger partial charge on any atom is -0.477 e. The van der Waals surface area contributed by atoms with Gasteiger partial charge in [-0.1, -0.05) is 29.3 Å². The fourth-order valence-electron chi connectivity index (χ4n) is 0.938. The lowest BCUT2D eigenvalue weighted by Gasteiger charge is -2.19. The molecule has 76 valence electrons. The molecule has 0 fully saturated rings. The van der Waals surface area contributed by atoms with Gasteiger partial charge >= 0.3 is 5.97 Å². The van der Waals surface area contributed by atoms with Crippen molar-refractivity contribution in [1.29, 1.82) is 0 Å². The average molecular weight is 237 g/mol. The maximum atomic E-state index is 10.5. The number of carboxylic acids is 1. The Labute approximate surface area is 89.3 Å². The first-order valence-electron chi connectivity index (χ1n) is 3.50. The molecule has 0 aromatic heterocycles. The lowest BCUT2D eigenvalue weighted by molar-refractivity contribution is -0.207. The molecule has 4 nitrogen and oxygen atoms in total. The number of hydrogen-bond acceptors (Lipinski definition) is 3. The summed E-state index contributed by atoms with van der Waals surface area (Å²) < 4.78 is 0. The minimum atomic E-state index is -3.07. The van der Waals surface area contributed by atoms with Gasteiger partial charge in [0.2, 0.25) is 0 Å². The van der Waals surface area contributed by atoms with Crippen LogP contribution in [0, 0.1) is 0 Å². The van der Waals surface area contributed by atoms with Gasteiger partial charge in [0.05, 0.1) is 15.6 Å². The van der Waals surface area contributed by atoms with E-state index >= 15 is 0 Å². The summed E-state index contributed by atoms with van der Waals surface area (Å²) in [6.45, 7) is 0. The second-order valence-electron chi connectivity index (χ2n) is 2.57. The van der Waals surface area contributed by atoms with Crippen LogP contribution in [0.3, 0.4) is 0 Å². The van der Waals surface area contributed by atoms with Gasteiger partial charge in [0.25, 0.3) is 5.79 Å². The normalized spacial score (nSPS) is 11.4. The van der Waals surface area contributed by atoms with Crippen LogP contribution < -0.4 is 0 Å². The average Bonchev–Trinajstić information content (AvgIpc) is 2.02. The van der Waals surface area contributed by atoms with Crippen LogP contribution in [0.25, 0.3) is 0 Å². The van der Waals surface area contributed by atoms with Gasteiger partial charge in [-0.05, 0) is 12.1 Å². The van der Waals surface area contributed by atoms with Crippen molar-refractivity contribution in [3.8, 4) is 0 Å². The summed E-state index contributed by atoms with van der Waals surface area (Å²) in [5, 5.41) is 26.7. The van der Waals surface area contributed by atoms with Gasteiger partial charge in [-0.15, -0.1) is 0 Å². The molecule has 0 aliphatic heterocycles. The number of aliphatic hydroxyl groups is 2. The lowest BCUT2D eigenvalue weighted by atomic mass is 10.1. The summed E-state index contributed by atoms with van der Waals surface area (Å²) in [5.74, 6) is -4.91. The zero-order valence-corrected chi connectivity index (χ0v) is 8.25. The second-order valence-corrected chi connectivity index (χ2v) is 3.39. The topological polar surface area (TPSA) is 77.8 Å². The summed E-state index contributed by atoms with van der Waals surface area (Å²) in [7, 11) is 0. The molecule has 0 bridgehead atoms. The van der Waals surface area contributed by atoms with E-state index in [1.165, 1.54) is 18.2 Å². The minimum absolute atomic E-state index is 0.120. The van der Waals surface area contributed by atoms with E-state index in [4.69, 9.17) is 28.3 Å². The molecule has 3 N–H and O–H groups in total. The van der Waals surface area contributed by atoms with Crippen LogP contribution in [0.2, 0.25) is 10.0 Å². The van der Waals surface area contributed by atoms with Crippen LogP contribution in [0.5, 0.6) is 0 Å². The van der Waals surface area contributed by atoms with Crippen molar-refractivity contribution in [2.24, 2.45) is 0 Å². The molecule has 0 heterocycles. The van der Waals surface area contributed by atoms with Gasteiger partial charge in [0.1, 0.15) is 0 Å². The highest BCUT2D eigenvalue weighted by molar-refractivity contribution is 6.36. The Morgan fingerprint density at radius 3 is 2.00 bits per heavy atom. The monoisotopic (exact) mass is 236 g/mol. The van der Waals surface area contributed by atoms with Crippen LogP contribution in [0.15, 0.2) is 18.2 Å². The number of rotatable bonds is 2. The Morgan fingerprint density at radius 1 is 1.21 bits per heavy atom. The molecule has 0 atom stereocenters. The molecular weight excluding hydrogens is 231 g/mol. The van der Waals surface area contributed by atoms with E-state index in [0.717, 1.165) is 0 Å². The molecule has 1 aromatic carbocycles. The van der Waals surface area contributed by atoms with Crippen molar-refractivity contribution in [2.75, 3.05) is 0 Å². The first kappa shape index (κ1) is 11.3. The van der Waals surface area contributed by atoms with Crippen LogP contribution in [-0.2, 0) is 10.6 Å². The summed E-state index contributed by atoms with van der Waals surface area (Å²) in [6.07, 6.45) is 0. The molecule has 0 aliphatic carbocycles. The summed E-state index contributed by atoms with van der Waals surface area (Å²) in [4.78, 5) is 10.5. The molecule has 6 heteroatoms. The quantitative estimate of drug-likeness (QED) is 0.675. The Kier molecular flexibility index (Phi) is 3.01. The molecule has 1 rings (SSSR count). The smallest absolute Gasteiger partial charge is 0.369 e. The Balaban J connectivity index is 3.38. The van der Waals surface area contributed by atoms with Crippen molar-refractivity contribution in [3.05, 3.63) is 33.8 Å². The Morgan fingerprint density at radius 2 is 1.64 bits per heavy atom. The Hall–Kier alpha value is -0.810. The van der Waals surface area contributed by atoms with Gasteiger partial charge in [-0.2, -0.15) is 0 Å². The largest absolute Gasteiger partial charge is 0.477 e. The van der Waals surface area contributed by atoms with E-state index < -0.39 is 17.3 Å². The molecule has 0 saturated heterocycles. The predicted molar refractivity (Wildman–Crippen MR) is 50.2 cm³/mol. The van der Waals surface area contributed by atoms with Crippen molar-refractivity contribution in [1.82, 2.24) is 0 Å². The second kappa shape index (κ2) is 3.74. The highest BCUT2D eigenvalue weighted by Gasteiger charge is 2.39. The molecule has 0 unspecified atom stereocenters. The SMILES string of the molecule is O=C(O)C(O)(O)c1c(Cl)cccc1Cl. The molecular formula is C8H6Cl2O4. The van der Waals surface area contributed by atoms with Crippen molar-refractivity contribution in [3.63, 3.8) is 0 Å². The van der Waals surface area contributed by atoms with Crippen molar-refractivity contribution >= 4 is 29.2 Å². The first-order valence-corrected chi connectivity index (χ1v) is 4.25. The number of carboxylic acid groups (broad SMARTS) is 1. The maximum absolute atomic E-state index is 10.5. The predicted octanol–water partition coefficient (Wildman–Crippen LogP) is 1.22. The molecule has 0 saturated carbocycles. The van der Waals surface area contributed by atoms with Gasteiger partial charge in [-0.25, -0.2) is 4.79 Å². The van der Waals surface area contributed by atoms with Crippen molar-refractivity contribution in [2.45, 2.75) is 5.79 Å². The number of halogens is 2. The number of hydrogen-bond donors (Lipinski definition) is 3. The highest BCUT2D eigenvalue weighted by atomic mass is 35.5. The van der Waals surface area contributed by atoms with Gasteiger partial charge < -0.3 is 15.3 Å². The van der Waals surface area contributed by atoms with Crippen LogP contribution in [0.1, 0.15) is 5.56 Å². The van der Waals surface area contributed by atoms with E-state index in [0.29, 0.717) is 0 Å². The molecule has 1 aromatic rings. The van der Waals surface area contributed by atoms with E-state index in [9.17, 15) is 15.0 Å². The molecule has 0 radical (unpaired) electrons. The fourth-order valence-corrected chi connectivity index (χ4v) is 1.60. The van der Waals surface area contributed by atoms with Crippen LogP contribution in [-0.4, -0.2) is 21.3 Å². The number of carbonyl (C=O) groups is 1. The third-order valence-corrected chi connectivity index (χ3v) is 2.24. The summed E-state index contributed by atoms with van der Waals surface area (Å²) in [5.41, 5.74) is -0.434. The van der Waals surface area contributed by atoms with Crippen molar-refractivity contribution < 1.29 is 20.1 Å². The number of aliphatic carboxylic acids is 1. The van der Waals surface area contributed by atoms with E-state index in [2.05, 4.69) is 0 Å². The third-order valence-electron chi connectivity index (χ3n) is 1.61. The molecule has 0 amide bonds.